The quantitative estimate of drug-likeness (QED) is 0.801. The molecule has 0 aliphatic carbocycles. The van der Waals surface area contributed by atoms with Crippen LogP contribution in [0.5, 0.6) is 0 Å². The number of rotatable bonds is 2. The minimum atomic E-state index is -0.329. The van der Waals surface area contributed by atoms with E-state index < -0.39 is 0 Å². The summed E-state index contributed by atoms with van der Waals surface area (Å²) in [4.78, 5) is 26.2. The van der Waals surface area contributed by atoms with Crippen LogP contribution in [0.3, 0.4) is 0 Å². The topological polar surface area (TPSA) is 51.5 Å². The molecule has 2 aromatic rings. The molecule has 22 heavy (non-hydrogen) atoms. The minimum absolute atomic E-state index is 0.0261. The number of benzene rings is 1. The van der Waals surface area contributed by atoms with Crippen LogP contribution in [0.1, 0.15) is 47.2 Å². The molecule has 5 nitrogen and oxygen atoms in total. The summed E-state index contributed by atoms with van der Waals surface area (Å²) < 4.78 is 7.11. The summed E-state index contributed by atoms with van der Waals surface area (Å²) in [5.74, 6) is -0.303. The summed E-state index contributed by atoms with van der Waals surface area (Å²) in [5, 5.41) is 0.971. The molecule has 1 atom stereocenters. The van der Waals surface area contributed by atoms with Crippen molar-refractivity contribution in [1.82, 2.24) is 9.47 Å². The lowest BCUT2D eigenvalue weighted by molar-refractivity contribution is 0.0526. The van der Waals surface area contributed by atoms with E-state index in [0.29, 0.717) is 17.9 Å². The molecule has 0 saturated carbocycles. The Balaban J connectivity index is 2.17. The van der Waals surface area contributed by atoms with Gasteiger partial charge < -0.3 is 14.2 Å². The molecule has 116 valence electrons. The van der Waals surface area contributed by atoms with Gasteiger partial charge in [-0.3, -0.25) is 4.79 Å². The number of fused-ring (bicyclic) bond motifs is 3. The Bertz CT molecular complexity index is 748. The fraction of sp³-hybridized carbons (Fsp3) is 0.412. The molecule has 2 heterocycles. The van der Waals surface area contributed by atoms with E-state index >= 15 is 0 Å². The van der Waals surface area contributed by atoms with Crippen molar-refractivity contribution in [3.8, 4) is 0 Å². The van der Waals surface area contributed by atoms with Crippen LogP contribution in [-0.2, 0) is 4.74 Å². The van der Waals surface area contributed by atoms with Gasteiger partial charge in [0.25, 0.3) is 5.91 Å². The van der Waals surface area contributed by atoms with Crippen LogP contribution in [0, 0.1) is 0 Å². The third-order valence-electron chi connectivity index (χ3n) is 4.24. The molecule has 3 rings (SSSR count). The monoisotopic (exact) mass is 300 g/mol. The number of esters is 1. The Morgan fingerprint density at radius 1 is 1.36 bits per heavy atom. The summed E-state index contributed by atoms with van der Waals surface area (Å²) in [6, 6.07) is 7.57. The van der Waals surface area contributed by atoms with E-state index in [-0.39, 0.29) is 17.9 Å². The predicted octanol–water partition coefficient (Wildman–Crippen LogP) is 2.85. The van der Waals surface area contributed by atoms with Crippen LogP contribution in [0.2, 0.25) is 0 Å². The highest BCUT2D eigenvalue weighted by atomic mass is 16.5. The first-order chi connectivity index (χ1) is 10.5. The van der Waals surface area contributed by atoms with Crippen LogP contribution >= 0.6 is 0 Å². The lowest BCUT2D eigenvalue weighted by Gasteiger charge is -2.14. The molecule has 1 aromatic heterocycles. The van der Waals surface area contributed by atoms with E-state index in [1.807, 2.05) is 29.8 Å². The second-order valence-corrected chi connectivity index (χ2v) is 5.76. The highest BCUT2D eigenvalue weighted by Crippen LogP contribution is 2.30. The van der Waals surface area contributed by atoms with Gasteiger partial charge in [-0.25, -0.2) is 4.79 Å². The first-order valence-corrected chi connectivity index (χ1v) is 7.60. The van der Waals surface area contributed by atoms with Crippen LogP contribution in [0.15, 0.2) is 24.3 Å². The molecule has 0 N–H and O–H groups in total. The van der Waals surface area contributed by atoms with E-state index in [2.05, 4.69) is 6.92 Å². The van der Waals surface area contributed by atoms with Crippen molar-refractivity contribution in [2.75, 3.05) is 20.2 Å². The summed E-state index contributed by atoms with van der Waals surface area (Å²) in [6.45, 7) is 4.98. The molecule has 0 fully saturated rings. The van der Waals surface area contributed by atoms with Gasteiger partial charge in [0.2, 0.25) is 0 Å². The number of nitrogens with zero attached hydrogens (tertiary/aromatic N) is 2. The zero-order valence-corrected chi connectivity index (χ0v) is 13.1. The second kappa shape index (κ2) is 5.48. The second-order valence-electron chi connectivity index (χ2n) is 5.76. The van der Waals surface area contributed by atoms with E-state index in [1.54, 1.807) is 17.9 Å². The molecular weight excluding hydrogens is 280 g/mol. The van der Waals surface area contributed by atoms with Crippen molar-refractivity contribution < 1.29 is 14.3 Å². The van der Waals surface area contributed by atoms with Crippen LogP contribution in [0.4, 0.5) is 0 Å². The average molecular weight is 300 g/mol. The Hall–Kier alpha value is -2.30. The van der Waals surface area contributed by atoms with Gasteiger partial charge in [-0.05, 0) is 38.5 Å². The summed E-state index contributed by atoms with van der Waals surface area (Å²) in [7, 11) is 1.83. The molecule has 0 saturated heterocycles. The van der Waals surface area contributed by atoms with Crippen molar-refractivity contribution in [2.45, 2.75) is 26.3 Å². The molecule has 1 aromatic carbocycles. The van der Waals surface area contributed by atoms with Gasteiger partial charge >= 0.3 is 5.97 Å². The van der Waals surface area contributed by atoms with Crippen molar-refractivity contribution in [2.24, 2.45) is 0 Å². The molecule has 0 bridgehead atoms. The van der Waals surface area contributed by atoms with E-state index in [9.17, 15) is 9.59 Å². The Kier molecular flexibility index (Phi) is 3.64. The van der Waals surface area contributed by atoms with Gasteiger partial charge in [0.15, 0.2) is 0 Å². The first-order valence-electron chi connectivity index (χ1n) is 7.60. The highest BCUT2D eigenvalue weighted by Gasteiger charge is 2.26. The Labute approximate surface area is 129 Å². The third-order valence-corrected chi connectivity index (χ3v) is 4.24. The number of amides is 1. The summed E-state index contributed by atoms with van der Waals surface area (Å²) >= 11 is 0. The zero-order chi connectivity index (χ0) is 15.9. The van der Waals surface area contributed by atoms with Gasteiger partial charge in [-0.15, -0.1) is 0 Å². The molecule has 0 spiro atoms. The number of hydrogen-bond acceptors (Lipinski definition) is 3. The van der Waals surface area contributed by atoms with Crippen LogP contribution in [-0.4, -0.2) is 41.5 Å². The maximum absolute atomic E-state index is 12.5. The largest absolute Gasteiger partial charge is 0.462 e. The van der Waals surface area contributed by atoms with Gasteiger partial charge in [-0.2, -0.15) is 0 Å². The lowest BCUT2D eigenvalue weighted by atomic mass is 10.1. The van der Waals surface area contributed by atoms with Crippen molar-refractivity contribution in [1.29, 1.82) is 0 Å². The highest BCUT2D eigenvalue weighted by molar-refractivity contribution is 6.01. The van der Waals surface area contributed by atoms with E-state index in [0.717, 1.165) is 23.9 Å². The summed E-state index contributed by atoms with van der Waals surface area (Å²) in [5.41, 5.74) is 2.12. The van der Waals surface area contributed by atoms with Crippen molar-refractivity contribution in [3.05, 3.63) is 35.5 Å². The minimum Gasteiger partial charge on any atom is -0.462 e. The third kappa shape index (κ3) is 2.26. The standard InChI is InChI=1S/C17H20N2O3/c1-4-22-17(21)13-6-5-12-9-15-16(20)18(3)8-7-11(2)19(15)14(12)10-13/h5-6,9-11H,4,7-8H2,1-3H3/t11-/m0/s1. The normalized spacial score (nSPS) is 18.2. The van der Waals surface area contributed by atoms with Gasteiger partial charge in [0.1, 0.15) is 5.69 Å². The van der Waals surface area contributed by atoms with Crippen molar-refractivity contribution in [3.63, 3.8) is 0 Å². The molecule has 1 aliphatic heterocycles. The fourth-order valence-corrected chi connectivity index (χ4v) is 3.01. The molecule has 1 aliphatic rings. The van der Waals surface area contributed by atoms with Gasteiger partial charge in [0.05, 0.1) is 12.2 Å². The Morgan fingerprint density at radius 3 is 2.86 bits per heavy atom. The van der Waals surface area contributed by atoms with Crippen LogP contribution in [0.25, 0.3) is 10.9 Å². The maximum atomic E-state index is 12.5. The zero-order valence-electron chi connectivity index (χ0n) is 13.1. The van der Waals surface area contributed by atoms with E-state index in [4.69, 9.17) is 4.74 Å². The molecule has 0 radical (unpaired) electrons. The predicted molar refractivity (Wildman–Crippen MR) is 84.2 cm³/mol. The van der Waals surface area contributed by atoms with Crippen molar-refractivity contribution >= 4 is 22.8 Å². The number of ether oxygens (including phenoxy) is 1. The molecule has 5 heteroatoms. The smallest absolute Gasteiger partial charge is 0.338 e. The first kappa shape index (κ1) is 14.6. The lowest BCUT2D eigenvalue weighted by Crippen LogP contribution is -2.26. The fourth-order valence-electron chi connectivity index (χ4n) is 3.01. The number of carbonyl (C=O) groups excluding carboxylic acids is 2. The molecule has 0 unspecified atom stereocenters. The van der Waals surface area contributed by atoms with Gasteiger partial charge in [-0.1, -0.05) is 6.07 Å². The Morgan fingerprint density at radius 2 is 2.14 bits per heavy atom. The van der Waals surface area contributed by atoms with Crippen LogP contribution < -0.4 is 0 Å². The van der Waals surface area contributed by atoms with E-state index in [1.165, 1.54) is 0 Å². The number of hydrogen-bond donors (Lipinski definition) is 0. The number of carbonyl (C=O) groups is 2. The molecular formula is C17H20N2O3. The molecule has 1 amide bonds. The average Bonchev–Trinajstić information content (AvgIpc) is 2.85. The maximum Gasteiger partial charge on any atom is 0.338 e. The van der Waals surface area contributed by atoms with Gasteiger partial charge in [0, 0.05) is 30.5 Å². The number of aromatic nitrogens is 1. The SMILES string of the molecule is CCOC(=O)c1ccc2cc3n(c2c1)[C@@H](C)CCN(C)C3=O. The summed E-state index contributed by atoms with van der Waals surface area (Å²) in [6.07, 6.45) is 0.892.